The first kappa shape index (κ1) is 22.9. The van der Waals surface area contributed by atoms with E-state index in [9.17, 15) is 0 Å². The van der Waals surface area contributed by atoms with Crippen molar-refractivity contribution < 1.29 is 21.7 Å². The van der Waals surface area contributed by atoms with Crippen LogP contribution in [-0.2, 0) is 4.74 Å². The SMILES string of the molecule is CCCCCCC/C=C/C(OC)[P+](CC)(CC)CC.[Br-]. The zero-order valence-corrected chi connectivity index (χ0v) is 16.8. The molecule has 0 saturated carbocycles. The van der Waals surface area contributed by atoms with E-state index in [-0.39, 0.29) is 17.0 Å². The summed E-state index contributed by atoms with van der Waals surface area (Å²) >= 11 is 0. The zero-order chi connectivity index (χ0) is 14.6. The van der Waals surface area contributed by atoms with Gasteiger partial charge in [-0.05, 0) is 39.7 Å². The van der Waals surface area contributed by atoms with Gasteiger partial charge in [0.25, 0.3) is 0 Å². The number of hydrogen-bond acceptors (Lipinski definition) is 1. The number of ether oxygens (including phenoxy) is 1. The molecule has 0 aliphatic heterocycles. The van der Waals surface area contributed by atoms with Crippen LogP contribution in [-0.4, -0.2) is 31.4 Å². The molecular formula is C17H36BrOP. The van der Waals surface area contributed by atoms with Crippen molar-refractivity contribution in [2.45, 2.75) is 72.1 Å². The van der Waals surface area contributed by atoms with Gasteiger partial charge >= 0.3 is 0 Å². The number of methoxy groups -OCH3 is 1. The highest BCUT2D eigenvalue weighted by molar-refractivity contribution is 7.76. The van der Waals surface area contributed by atoms with E-state index in [0.29, 0.717) is 5.85 Å². The van der Waals surface area contributed by atoms with Crippen LogP contribution < -0.4 is 17.0 Å². The quantitative estimate of drug-likeness (QED) is 0.293. The first-order chi connectivity index (χ1) is 9.20. The Morgan fingerprint density at radius 3 is 1.90 bits per heavy atom. The van der Waals surface area contributed by atoms with E-state index in [1.54, 1.807) is 0 Å². The van der Waals surface area contributed by atoms with E-state index in [1.807, 2.05) is 7.11 Å². The largest absolute Gasteiger partial charge is 1.00 e. The molecule has 0 rings (SSSR count). The molecule has 3 heteroatoms. The third-order valence-electron chi connectivity index (χ3n) is 4.45. The second-order valence-corrected chi connectivity index (χ2v) is 10.3. The summed E-state index contributed by atoms with van der Waals surface area (Å²) in [5, 5.41) is 0. The Morgan fingerprint density at radius 1 is 0.900 bits per heavy atom. The van der Waals surface area contributed by atoms with Gasteiger partial charge in [-0.1, -0.05) is 38.7 Å². The van der Waals surface area contributed by atoms with Crippen LogP contribution in [0.1, 0.15) is 66.2 Å². The summed E-state index contributed by atoms with van der Waals surface area (Å²) in [4.78, 5) is 0. The van der Waals surface area contributed by atoms with Gasteiger partial charge in [0, 0.05) is 14.4 Å². The summed E-state index contributed by atoms with van der Waals surface area (Å²) in [6, 6.07) is 0. The lowest BCUT2D eigenvalue weighted by atomic mass is 10.1. The summed E-state index contributed by atoms with van der Waals surface area (Å²) in [6.07, 6.45) is 16.7. The van der Waals surface area contributed by atoms with Gasteiger partial charge in [0.2, 0.25) is 0 Å². The fourth-order valence-electron chi connectivity index (χ4n) is 2.77. The second kappa shape index (κ2) is 14.5. The van der Waals surface area contributed by atoms with Crippen LogP contribution in [0.4, 0.5) is 0 Å². The molecule has 0 radical (unpaired) electrons. The van der Waals surface area contributed by atoms with Crippen molar-refractivity contribution in [3.63, 3.8) is 0 Å². The Bertz CT molecular complexity index is 219. The highest BCUT2D eigenvalue weighted by Crippen LogP contribution is 2.62. The molecule has 0 aliphatic rings. The molecule has 0 saturated heterocycles. The van der Waals surface area contributed by atoms with Crippen molar-refractivity contribution in [2.24, 2.45) is 0 Å². The van der Waals surface area contributed by atoms with Gasteiger partial charge in [0.1, 0.15) is 0 Å². The lowest BCUT2D eigenvalue weighted by molar-refractivity contribution is -0.00000467. The van der Waals surface area contributed by atoms with Crippen molar-refractivity contribution in [1.29, 1.82) is 0 Å². The van der Waals surface area contributed by atoms with Crippen LogP contribution in [0.15, 0.2) is 12.2 Å². The van der Waals surface area contributed by atoms with E-state index in [1.165, 1.54) is 57.0 Å². The van der Waals surface area contributed by atoms with Crippen LogP contribution in [0.3, 0.4) is 0 Å². The maximum absolute atomic E-state index is 5.80. The van der Waals surface area contributed by atoms with Gasteiger partial charge in [-0.15, -0.1) is 0 Å². The highest BCUT2D eigenvalue weighted by atomic mass is 79.9. The molecule has 0 bridgehead atoms. The minimum absolute atomic E-state index is 0. The summed E-state index contributed by atoms with van der Waals surface area (Å²) in [5.41, 5.74) is 0. The molecule has 0 aliphatic carbocycles. The molecule has 0 aromatic carbocycles. The van der Waals surface area contributed by atoms with Gasteiger partial charge < -0.3 is 21.7 Å². The third-order valence-corrected chi connectivity index (χ3v) is 9.69. The number of allylic oxidation sites excluding steroid dienone is 1. The topological polar surface area (TPSA) is 9.23 Å². The summed E-state index contributed by atoms with van der Waals surface area (Å²) in [6.45, 7) is 9.29. The molecule has 20 heavy (non-hydrogen) atoms. The van der Waals surface area contributed by atoms with Crippen molar-refractivity contribution in [2.75, 3.05) is 25.6 Å². The Hall–Kier alpha value is 0.610. The maximum atomic E-state index is 5.80. The fraction of sp³-hybridized carbons (Fsp3) is 0.882. The summed E-state index contributed by atoms with van der Waals surface area (Å²) in [7, 11) is 0.957. The van der Waals surface area contributed by atoms with Crippen LogP contribution in [0, 0.1) is 0 Å². The molecule has 0 amide bonds. The minimum atomic E-state index is -0.924. The Labute approximate surface area is 139 Å². The normalized spacial score (nSPS) is 13.4. The zero-order valence-electron chi connectivity index (χ0n) is 14.3. The molecular weight excluding hydrogens is 331 g/mol. The minimum Gasteiger partial charge on any atom is -1.00 e. The molecule has 1 nitrogen and oxygen atoms in total. The third kappa shape index (κ3) is 8.15. The van der Waals surface area contributed by atoms with Gasteiger partial charge in [-0.3, -0.25) is 0 Å². The molecule has 1 unspecified atom stereocenters. The first-order valence-corrected chi connectivity index (χ1v) is 10.7. The number of rotatable bonds is 12. The molecule has 0 fully saturated rings. The van der Waals surface area contributed by atoms with E-state index in [2.05, 4.69) is 39.8 Å². The predicted molar refractivity (Wildman–Crippen MR) is 91.9 cm³/mol. The van der Waals surface area contributed by atoms with Crippen molar-refractivity contribution in [1.82, 2.24) is 0 Å². The Morgan fingerprint density at radius 2 is 1.45 bits per heavy atom. The second-order valence-electron chi connectivity index (χ2n) is 5.42. The first-order valence-electron chi connectivity index (χ1n) is 8.25. The summed E-state index contributed by atoms with van der Waals surface area (Å²) in [5.74, 6) is 0.392. The standard InChI is InChI=1S/C17H36OP.BrH/c1-6-10-11-12-13-14-15-16-17(18-5)19(7-2,8-3)9-4;/h15-17H,6-14H2,1-5H3;1H/q+1;/p-1/b16-15+;. The van der Waals surface area contributed by atoms with Gasteiger partial charge in [-0.2, -0.15) is 0 Å². The average Bonchev–Trinajstić information content (AvgIpc) is 2.46. The molecule has 0 spiro atoms. The van der Waals surface area contributed by atoms with E-state index < -0.39 is 7.26 Å². The average molecular weight is 367 g/mol. The summed E-state index contributed by atoms with van der Waals surface area (Å²) < 4.78 is 5.80. The molecule has 0 N–H and O–H groups in total. The number of unbranched alkanes of at least 4 members (excludes halogenated alkanes) is 5. The lowest BCUT2D eigenvalue weighted by Crippen LogP contribution is -3.00. The van der Waals surface area contributed by atoms with Gasteiger partial charge in [0.15, 0.2) is 5.85 Å². The molecule has 0 heterocycles. The van der Waals surface area contributed by atoms with Crippen LogP contribution >= 0.6 is 7.26 Å². The predicted octanol–water partition coefficient (Wildman–Crippen LogP) is 2.96. The highest BCUT2D eigenvalue weighted by Gasteiger charge is 2.39. The van der Waals surface area contributed by atoms with Crippen LogP contribution in [0.25, 0.3) is 0 Å². The van der Waals surface area contributed by atoms with E-state index in [0.717, 1.165) is 0 Å². The van der Waals surface area contributed by atoms with Crippen molar-refractivity contribution in [3.8, 4) is 0 Å². The van der Waals surface area contributed by atoms with Gasteiger partial charge in [0.05, 0.1) is 18.5 Å². The molecule has 0 aromatic heterocycles. The Balaban J connectivity index is 0. The maximum Gasteiger partial charge on any atom is 0.185 e. The smallest absolute Gasteiger partial charge is 0.185 e. The fourth-order valence-corrected chi connectivity index (χ4v) is 6.13. The van der Waals surface area contributed by atoms with Crippen molar-refractivity contribution >= 4 is 7.26 Å². The van der Waals surface area contributed by atoms with Gasteiger partial charge in [-0.25, -0.2) is 0 Å². The Kier molecular flexibility index (Phi) is 16.6. The van der Waals surface area contributed by atoms with Crippen molar-refractivity contribution in [3.05, 3.63) is 12.2 Å². The monoisotopic (exact) mass is 366 g/mol. The molecule has 1 atom stereocenters. The van der Waals surface area contributed by atoms with Crippen LogP contribution in [0.5, 0.6) is 0 Å². The number of halogens is 1. The van der Waals surface area contributed by atoms with Crippen LogP contribution in [0.2, 0.25) is 0 Å². The molecule has 122 valence electrons. The number of hydrogen-bond donors (Lipinski definition) is 0. The van der Waals surface area contributed by atoms with E-state index in [4.69, 9.17) is 4.74 Å². The lowest BCUT2D eigenvalue weighted by Gasteiger charge is -2.29. The van der Waals surface area contributed by atoms with E-state index >= 15 is 0 Å². The molecule has 0 aromatic rings.